The zero-order valence-electron chi connectivity index (χ0n) is 13.0. The molecule has 0 amide bonds. The molecule has 0 radical (unpaired) electrons. The van der Waals surface area contributed by atoms with E-state index in [1.165, 1.54) is 29.7 Å². The van der Waals surface area contributed by atoms with Gasteiger partial charge in [-0.1, -0.05) is 86.2 Å². The minimum Gasteiger partial charge on any atom is -0.146 e. The number of hydrogen-bond donors (Lipinski definition) is 0. The summed E-state index contributed by atoms with van der Waals surface area (Å²) in [6, 6.07) is 21.3. The molecule has 2 aromatic rings. The van der Waals surface area contributed by atoms with E-state index in [-0.39, 0.29) is 4.75 Å². The summed E-state index contributed by atoms with van der Waals surface area (Å²) >= 11 is 2.03. The van der Waals surface area contributed by atoms with Gasteiger partial charge in [0, 0.05) is 0 Å². The molecule has 1 heteroatoms. The first kappa shape index (κ1) is 15.9. The minimum absolute atomic E-state index is 0.0340. The molecule has 0 fully saturated rings. The first-order valence-corrected chi connectivity index (χ1v) is 8.67. The zero-order chi connectivity index (χ0) is 15.0. The second kappa shape index (κ2) is 8.09. The number of thioether (sulfide) groups is 1. The molecule has 0 aliphatic heterocycles. The molecule has 0 N–H and O–H groups in total. The van der Waals surface area contributed by atoms with E-state index in [1.54, 1.807) is 0 Å². The summed E-state index contributed by atoms with van der Waals surface area (Å²) in [5.74, 6) is 1.20. The SMILES string of the molecule is CCCCSC(C)(/C=C/c1ccccc1)c1ccccc1. The molecule has 2 aromatic carbocycles. The van der Waals surface area contributed by atoms with Crippen molar-refractivity contribution in [2.24, 2.45) is 0 Å². The molecule has 1 unspecified atom stereocenters. The van der Waals surface area contributed by atoms with Crippen LogP contribution in [0.5, 0.6) is 0 Å². The summed E-state index contributed by atoms with van der Waals surface area (Å²) in [6.45, 7) is 4.57. The van der Waals surface area contributed by atoms with Gasteiger partial charge in [-0.15, -0.1) is 11.8 Å². The Bertz CT molecular complexity index is 545. The van der Waals surface area contributed by atoms with Gasteiger partial charge in [-0.2, -0.15) is 0 Å². The molecular weight excluding hydrogens is 272 g/mol. The van der Waals surface area contributed by atoms with Gasteiger partial charge in [0.25, 0.3) is 0 Å². The van der Waals surface area contributed by atoms with E-state index < -0.39 is 0 Å². The number of benzene rings is 2. The van der Waals surface area contributed by atoms with E-state index in [4.69, 9.17) is 0 Å². The molecular formula is C20H24S. The lowest BCUT2D eigenvalue weighted by Gasteiger charge is -2.26. The molecule has 0 nitrogen and oxygen atoms in total. The number of rotatable bonds is 7. The molecule has 0 aliphatic rings. The largest absolute Gasteiger partial charge is 0.146 e. The second-order valence-electron chi connectivity index (χ2n) is 5.42. The van der Waals surface area contributed by atoms with Crippen molar-refractivity contribution < 1.29 is 0 Å². The fraction of sp³-hybridized carbons (Fsp3) is 0.300. The molecule has 0 saturated carbocycles. The normalized spacial score (nSPS) is 14.2. The summed E-state index contributed by atoms with van der Waals surface area (Å²) in [6.07, 6.45) is 7.11. The summed E-state index contributed by atoms with van der Waals surface area (Å²) < 4.78 is 0.0340. The Labute approximate surface area is 133 Å². The maximum atomic E-state index is 2.35. The summed E-state index contributed by atoms with van der Waals surface area (Å²) in [4.78, 5) is 0. The highest BCUT2D eigenvalue weighted by Crippen LogP contribution is 2.38. The molecule has 21 heavy (non-hydrogen) atoms. The Kier molecular flexibility index (Phi) is 6.13. The molecule has 2 rings (SSSR count). The van der Waals surface area contributed by atoms with Crippen LogP contribution < -0.4 is 0 Å². The Morgan fingerprint density at radius 3 is 2.19 bits per heavy atom. The molecule has 0 spiro atoms. The van der Waals surface area contributed by atoms with Crippen LogP contribution in [-0.2, 0) is 4.75 Å². The quantitative estimate of drug-likeness (QED) is 0.552. The predicted octanol–water partition coefficient (Wildman–Crippen LogP) is 6.15. The number of unbranched alkanes of at least 4 members (excludes halogenated alkanes) is 1. The molecule has 0 saturated heterocycles. The van der Waals surface area contributed by atoms with Crippen LogP contribution in [0.15, 0.2) is 66.7 Å². The minimum atomic E-state index is 0.0340. The molecule has 110 valence electrons. The van der Waals surface area contributed by atoms with Crippen LogP contribution >= 0.6 is 11.8 Å². The van der Waals surface area contributed by atoms with Crippen molar-refractivity contribution in [3.63, 3.8) is 0 Å². The first-order valence-electron chi connectivity index (χ1n) is 7.68. The van der Waals surface area contributed by atoms with Gasteiger partial charge >= 0.3 is 0 Å². The average Bonchev–Trinajstić information content (AvgIpc) is 2.55. The standard InChI is InChI=1S/C20H24S/c1-3-4-17-21-20(2,19-13-9-6-10-14-19)16-15-18-11-7-5-8-12-18/h5-16H,3-4,17H2,1-2H3/b16-15+. The Hall–Kier alpha value is -1.47. The van der Waals surface area contributed by atoms with Gasteiger partial charge in [0.05, 0.1) is 4.75 Å². The molecule has 0 aliphatic carbocycles. The predicted molar refractivity (Wildman–Crippen MR) is 96.6 cm³/mol. The maximum Gasteiger partial charge on any atom is 0.0562 e. The van der Waals surface area contributed by atoms with Crippen LogP contribution in [0.4, 0.5) is 0 Å². The van der Waals surface area contributed by atoms with Crippen molar-refractivity contribution in [1.29, 1.82) is 0 Å². The first-order chi connectivity index (χ1) is 10.2. The molecule has 0 aromatic heterocycles. The van der Waals surface area contributed by atoms with E-state index >= 15 is 0 Å². The fourth-order valence-electron chi connectivity index (χ4n) is 2.24. The third kappa shape index (κ3) is 4.78. The van der Waals surface area contributed by atoms with E-state index in [2.05, 4.69) is 86.7 Å². The van der Waals surface area contributed by atoms with Crippen molar-refractivity contribution in [2.45, 2.75) is 31.4 Å². The van der Waals surface area contributed by atoms with Crippen molar-refractivity contribution in [1.82, 2.24) is 0 Å². The van der Waals surface area contributed by atoms with Crippen molar-refractivity contribution in [3.8, 4) is 0 Å². The van der Waals surface area contributed by atoms with Gasteiger partial charge in [0.1, 0.15) is 0 Å². The second-order valence-corrected chi connectivity index (χ2v) is 6.96. The topological polar surface area (TPSA) is 0 Å². The van der Waals surface area contributed by atoms with Crippen molar-refractivity contribution >= 4 is 17.8 Å². The van der Waals surface area contributed by atoms with E-state index in [9.17, 15) is 0 Å². The molecule has 0 heterocycles. The van der Waals surface area contributed by atoms with Gasteiger partial charge in [-0.25, -0.2) is 0 Å². The van der Waals surface area contributed by atoms with Crippen LogP contribution in [0, 0.1) is 0 Å². The third-order valence-corrected chi connectivity index (χ3v) is 5.10. The summed E-state index contributed by atoms with van der Waals surface area (Å²) in [5, 5.41) is 0. The maximum absolute atomic E-state index is 2.35. The van der Waals surface area contributed by atoms with Gasteiger partial charge in [0.15, 0.2) is 0 Å². The Morgan fingerprint density at radius 1 is 0.952 bits per heavy atom. The van der Waals surface area contributed by atoms with Crippen LogP contribution in [-0.4, -0.2) is 5.75 Å². The Morgan fingerprint density at radius 2 is 1.57 bits per heavy atom. The van der Waals surface area contributed by atoms with Gasteiger partial charge in [-0.05, 0) is 30.2 Å². The van der Waals surface area contributed by atoms with E-state index in [1.807, 2.05) is 11.8 Å². The smallest absolute Gasteiger partial charge is 0.0562 e. The highest BCUT2D eigenvalue weighted by molar-refractivity contribution is 8.00. The fourth-order valence-corrected chi connectivity index (χ4v) is 3.57. The monoisotopic (exact) mass is 296 g/mol. The van der Waals surface area contributed by atoms with E-state index in [0.717, 1.165) is 0 Å². The molecule has 0 bridgehead atoms. The lowest BCUT2D eigenvalue weighted by atomic mass is 9.99. The van der Waals surface area contributed by atoms with Gasteiger partial charge < -0.3 is 0 Å². The number of hydrogen-bond acceptors (Lipinski definition) is 1. The van der Waals surface area contributed by atoms with Crippen LogP contribution in [0.1, 0.15) is 37.8 Å². The van der Waals surface area contributed by atoms with Gasteiger partial charge in [-0.3, -0.25) is 0 Å². The molecule has 1 atom stereocenters. The lowest BCUT2D eigenvalue weighted by Crippen LogP contribution is -2.14. The average molecular weight is 296 g/mol. The highest BCUT2D eigenvalue weighted by Gasteiger charge is 2.23. The summed E-state index contributed by atoms with van der Waals surface area (Å²) in [7, 11) is 0. The summed E-state index contributed by atoms with van der Waals surface area (Å²) in [5.41, 5.74) is 2.63. The lowest BCUT2D eigenvalue weighted by molar-refractivity contribution is 0.855. The van der Waals surface area contributed by atoms with E-state index in [0.29, 0.717) is 0 Å². The Balaban J connectivity index is 2.21. The van der Waals surface area contributed by atoms with Crippen molar-refractivity contribution in [2.75, 3.05) is 5.75 Å². The van der Waals surface area contributed by atoms with Crippen molar-refractivity contribution in [3.05, 3.63) is 77.9 Å². The van der Waals surface area contributed by atoms with Crippen LogP contribution in [0.2, 0.25) is 0 Å². The zero-order valence-corrected chi connectivity index (χ0v) is 13.8. The van der Waals surface area contributed by atoms with Crippen LogP contribution in [0.3, 0.4) is 0 Å². The highest BCUT2D eigenvalue weighted by atomic mass is 32.2. The van der Waals surface area contributed by atoms with Gasteiger partial charge in [0.2, 0.25) is 0 Å². The third-order valence-electron chi connectivity index (χ3n) is 3.64. The van der Waals surface area contributed by atoms with Crippen LogP contribution in [0.25, 0.3) is 6.08 Å².